The van der Waals surface area contributed by atoms with E-state index in [-0.39, 0.29) is 5.54 Å². The fourth-order valence-electron chi connectivity index (χ4n) is 1.61. The average molecular weight is 188 g/mol. The third-order valence-electron chi connectivity index (χ3n) is 2.97. The van der Waals surface area contributed by atoms with Crippen LogP contribution in [0.4, 0.5) is 0 Å². The zero-order valence-electron chi connectivity index (χ0n) is 8.99. The van der Waals surface area contributed by atoms with Gasteiger partial charge in [0, 0.05) is 5.54 Å². The second kappa shape index (κ2) is 3.12. The summed E-state index contributed by atoms with van der Waals surface area (Å²) in [6.45, 7) is 6.68. The summed E-state index contributed by atoms with van der Waals surface area (Å²) in [5.74, 6) is 0. The summed E-state index contributed by atoms with van der Waals surface area (Å²) in [7, 11) is 0. The van der Waals surface area contributed by atoms with E-state index in [1.807, 2.05) is 12.4 Å². The minimum atomic E-state index is 0.149. The van der Waals surface area contributed by atoms with E-state index in [0.717, 1.165) is 11.9 Å². The first kappa shape index (κ1) is 9.25. The Bertz CT molecular complexity index is 440. The van der Waals surface area contributed by atoms with Crippen molar-refractivity contribution in [3.8, 4) is 0 Å². The molecular formula is C12H16N2. The van der Waals surface area contributed by atoms with Gasteiger partial charge in [-0.2, -0.15) is 0 Å². The van der Waals surface area contributed by atoms with Gasteiger partial charge >= 0.3 is 0 Å². The van der Waals surface area contributed by atoms with E-state index in [1.54, 1.807) is 0 Å². The van der Waals surface area contributed by atoms with Crippen molar-refractivity contribution in [2.75, 3.05) is 0 Å². The number of rotatable bonds is 2. The molecule has 1 heterocycles. The molecule has 0 saturated carbocycles. The lowest BCUT2D eigenvalue weighted by Gasteiger charge is -2.25. The highest BCUT2D eigenvalue weighted by Crippen LogP contribution is 2.24. The summed E-state index contributed by atoms with van der Waals surface area (Å²) in [4.78, 5) is 4.40. The SMILES string of the molecule is CCC(C)(C)n1cnc2ccccc21. The van der Waals surface area contributed by atoms with Gasteiger partial charge in [0.15, 0.2) is 0 Å². The highest BCUT2D eigenvalue weighted by molar-refractivity contribution is 5.75. The third kappa shape index (κ3) is 1.31. The molecule has 0 spiro atoms. The highest BCUT2D eigenvalue weighted by Gasteiger charge is 2.19. The Hall–Kier alpha value is -1.31. The number of para-hydroxylation sites is 2. The van der Waals surface area contributed by atoms with Crippen molar-refractivity contribution < 1.29 is 0 Å². The van der Waals surface area contributed by atoms with Crippen LogP contribution >= 0.6 is 0 Å². The van der Waals surface area contributed by atoms with Crippen molar-refractivity contribution in [3.63, 3.8) is 0 Å². The fourth-order valence-corrected chi connectivity index (χ4v) is 1.61. The Kier molecular flexibility index (Phi) is 2.06. The molecule has 0 fully saturated rings. The third-order valence-corrected chi connectivity index (χ3v) is 2.97. The summed E-state index contributed by atoms with van der Waals surface area (Å²) in [6, 6.07) is 8.27. The summed E-state index contributed by atoms with van der Waals surface area (Å²) in [5, 5.41) is 0. The maximum atomic E-state index is 4.40. The van der Waals surface area contributed by atoms with Crippen LogP contribution in [-0.2, 0) is 5.54 Å². The Labute approximate surface area is 84.6 Å². The second-order valence-electron chi connectivity index (χ2n) is 4.27. The molecule has 0 N–H and O–H groups in total. The predicted octanol–water partition coefficient (Wildman–Crippen LogP) is 3.18. The Balaban J connectivity index is 2.64. The van der Waals surface area contributed by atoms with Crippen molar-refractivity contribution in [2.24, 2.45) is 0 Å². The topological polar surface area (TPSA) is 17.8 Å². The average Bonchev–Trinajstić information content (AvgIpc) is 2.61. The Morgan fingerprint density at radius 1 is 1.29 bits per heavy atom. The Morgan fingerprint density at radius 3 is 2.71 bits per heavy atom. The highest BCUT2D eigenvalue weighted by atomic mass is 15.1. The first-order valence-electron chi connectivity index (χ1n) is 5.08. The minimum absolute atomic E-state index is 0.149. The van der Waals surface area contributed by atoms with Crippen LogP contribution in [0.25, 0.3) is 11.0 Å². The van der Waals surface area contributed by atoms with Crippen molar-refractivity contribution in [1.29, 1.82) is 0 Å². The molecule has 2 rings (SSSR count). The van der Waals surface area contributed by atoms with Gasteiger partial charge in [0.05, 0.1) is 17.4 Å². The lowest BCUT2D eigenvalue weighted by molar-refractivity contribution is 0.352. The number of nitrogens with zero attached hydrogens (tertiary/aromatic N) is 2. The molecule has 74 valence electrons. The van der Waals surface area contributed by atoms with E-state index < -0.39 is 0 Å². The number of aromatic nitrogens is 2. The molecule has 2 aromatic rings. The van der Waals surface area contributed by atoms with Gasteiger partial charge in [-0.05, 0) is 32.4 Å². The van der Waals surface area contributed by atoms with Gasteiger partial charge in [-0.1, -0.05) is 19.1 Å². The lowest BCUT2D eigenvalue weighted by atomic mass is 10.0. The molecule has 0 amide bonds. The summed E-state index contributed by atoms with van der Waals surface area (Å²) < 4.78 is 2.25. The van der Waals surface area contributed by atoms with Crippen LogP contribution in [0.2, 0.25) is 0 Å². The quantitative estimate of drug-likeness (QED) is 0.707. The zero-order chi connectivity index (χ0) is 10.2. The van der Waals surface area contributed by atoms with Crippen LogP contribution in [0.5, 0.6) is 0 Å². The number of fused-ring (bicyclic) bond motifs is 1. The molecule has 14 heavy (non-hydrogen) atoms. The van der Waals surface area contributed by atoms with Crippen molar-refractivity contribution >= 4 is 11.0 Å². The van der Waals surface area contributed by atoms with E-state index >= 15 is 0 Å². The van der Waals surface area contributed by atoms with Crippen molar-refractivity contribution in [1.82, 2.24) is 9.55 Å². The number of hydrogen-bond donors (Lipinski definition) is 0. The van der Waals surface area contributed by atoms with Gasteiger partial charge in [0.25, 0.3) is 0 Å². The van der Waals surface area contributed by atoms with Crippen LogP contribution in [0, 0.1) is 0 Å². The summed E-state index contributed by atoms with van der Waals surface area (Å²) in [5.41, 5.74) is 2.45. The first-order chi connectivity index (χ1) is 6.65. The van der Waals surface area contributed by atoms with Crippen LogP contribution in [0.15, 0.2) is 30.6 Å². The van der Waals surface area contributed by atoms with Gasteiger partial charge in [-0.15, -0.1) is 0 Å². The number of hydrogen-bond acceptors (Lipinski definition) is 1. The molecule has 0 radical (unpaired) electrons. The van der Waals surface area contributed by atoms with Crippen LogP contribution < -0.4 is 0 Å². The largest absolute Gasteiger partial charge is 0.325 e. The monoisotopic (exact) mass is 188 g/mol. The predicted molar refractivity (Wildman–Crippen MR) is 59.3 cm³/mol. The zero-order valence-corrected chi connectivity index (χ0v) is 8.99. The van der Waals surface area contributed by atoms with E-state index in [4.69, 9.17) is 0 Å². The molecule has 0 aliphatic rings. The molecule has 0 saturated heterocycles. The molecular weight excluding hydrogens is 172 g/mol. The molecule has 1 aromatic carbocycles. The summed E-state index contributed by atoms with van der Waals surface area (Å²) >= 11 is 0. The van der Waals surface area contributed by atoms with Crippen LogP contribution in [0.1, 0.15) is 27.2 Å². The number of benzene rings is 1. The van der Waals surface area contributed by atoms with Crippen LogP contribution in [0.3, 0.4) is 0 Å². The van der Waals surface area contributed by atoms with E-state index in [2.05, 4.69) is 48.5 Å². The summed E-state index contributed by atoms with van der Waals surface area (Å²) in [6.07, 6.45) is 3.04. The normalized spacial score (nSPS) is 12.2. The van der Waals surface area contributed by atoms with E-state index in [9.17, 15) is 0 Å². The molecule has 2 heteroatoms. The smallest absolute Gasteiger partial charge is 0.0963 e. The molecule has 0 aliphatic heterocycles. The second-order valence-corrected chi connectivity index (χ2v) is 4.27. The van der Waals surface area contributed by atoms with Crippen molar-refractivity contribution in [3.05, 3.63) is 30.6 Å². The van der Waals surface area contributed by atoms with Gasteiger partial charge in [0.2, 0.25) is 0 Å². The molecule has 0 bridgehead atoms. The maximum absolute atomic E-state index is 4.40. The van der Waals surface area contributed by atoms with E-state index in [1.165, 1.54) is 5.52 Å². The van der Waals surface area contributed by atoms with Crippen molar-refractivity contribution in [2.45, 2.75) is 32.7 Å². The fraction of sp³-hybridized carbons (Fsp3) is 0.417. The molecule has 0 unspecified atom stereocenters. The molecule has 0 aliphatic carbocycles. The van der Waals surface area contributed by atoms with Gasteiger partial charge in [0.1, 0.15) is 0 Å². The van der Waals surface area contributed by atoms with Gasteiger partial charge in [-0.3, -0.25) is 0 Å². The standard InChI is InChI=1S/C12H16N2/c1-4-12(2,3)14-9-13-10-7-5-6-8-11(10)14/h5-9H,4H2,1-3H3. The Morgan fingerprint density at radius 2 is 2.00 bits per heavy atom. The minimum Gasteiger partial charge on any atom is -0.325 e. The number of imidazole rings is 1. The van der Waals surface area contributed by atoms with E-state index in [0.29, 0.717) is 0 Å². The molecule has 0 atom stereocenters. The van der Waals surface area contributed by atoms with Gasteiger partial charge < -0.3 is 4.57 Å². The lowest BCUT2D eigenvalue weighted by Crippen LogP contribution is -2.24. The first-order valence-corrected chi connectivity index (χ1v) is 5.08. The molecule has 2 nitrogen and oxygen atoms in total. The molecule has 1 aromatic heterocycles. The van der Waals surface area contributed by atoms with Crippen LogP contribution in [-0.4, -0.2) is 9.55 Å². The maximum Gasteiger partial charge on any atom is 0.0963 e. The van der Waals surface area contributed by atoms with Gasteiger partial charge in [-0.25, -0.2) is 4.98 Å².